The number of anilines is 2. The molecular weight excluding hydrogens is 254 g/mol. The Bertz CT molecular complexity index is 522. The van der Waals surface area contributed by atoms with Gasteiger partial charge in [0.1, 0.15) is 0 Å². The van der Waals surface area contributed by atoms with Gasteiger partial charge in [0.25, 0.3) is 0 Å². The van der Waals surface area contributed by atoms with Gasteiger partial charge in [-0.25, -0.2) is 0 Å². The van der Waals surface area contributed by atoms with Crippen LogP contribution in [0.15, 0.2) is 24.3 Å². The highest BCUT2D eigenvalue weighted by atomic mass is 16.2. The summed E-state index contributed by atoms with van der Waals surface area (Å²) in [6.45, 7) is 3.66. The Morgan fingerprint density at radius 1 is 1.20 bits per heavy atom. The maximum atomic E-state index is 12.0. The summed E-state index contributed by atoms with van der Waals surface area (Å²) in [5, 5.41) is 5.61. The Kier molecular flexibility index (Phi) is 4.09. The molecule has 0 aliphatic heterocycles. The Labute approximate surface area is 118 Å². The van der Waals surface area contributed by atoms with Gasteiger partial charge in [0.2, 0.25) is 11.8 Å². The summed E-state index contributed by atoms with van der Waals surface area (Å²) < 4.78 is 0. The van der Waals surface area contributed by atoms with Crippen LogP contribution in [0.3, 0.4) is 0 Å². The molecule has 2 amide bonds. The Hall–Kier alpha value is -1.88. The van der Waals surface area contributed by atoms with Crippen LogP contribution in [0.1, 0.15) is 33.1 Å². The van der Waals surface area contributed by atoms with Crippen molar-refractivity contribution in [1.82, 2.24) is 0 Å². The second kappa shape index (κ2) is 5.63. The molecule has 5 heteroatoms. The first kappa shape index (κ1) is 14.5. The van der Waals surface area contributed by atoms with Gasteiger partial charge in [-0.05, 0) is 37.5 Å². The van der Waals surface area contributed by atoms with Crippen LogP contribution in [0.5, 0.6) is 0 Å². The molecule has 4 N–H and O–H groups in total. The van der Waals surface area contributed by atoms with Crippen molar-refractivity contribution in [1.29, 1.82) is 0 Å². The quantitative estimate of drug-likeness (QED) is 0.786. The molecule has 20 heavy (non-hydrogen) atoms. The Morgan fingerprint density at radius 3 is 2.30 bits per heavy atom. The molecule has 0 spiro atoms. The number of nitrogens with one attached hydrogen (secondary N) is 2. The fourth-order valence-electron chi connectivity index (χ4n) is 2.00. The minimum Gasteiger partial charge on any atom is -0.326 e. The van der Waals surface area contributed by atoms with Gasteiger partial charge in [0.05, 0.1) is 5.54 Å². The lowest BCUT2D eigenvalue weighted by Gasteiger charge is -2.36. The molecule has 1 aromatic carbocycles. The third kappa shape index (κ3) is 3.17. The van der Waals surface area contributed by atoms with Gasteiger partial charge in [-0.2, -0.15) is 0 Å². The van der Waals surface area contributed by atoms with Gasteiger partial charge in [-0.1, -0.05) is 19.9 Å². The molecule has 1 aliphatic rings. The second-order valence-electron chi connectivity index (χ2n) is 5.69. The molecule has 5 nitrogen and oxygen atoms in total. The molecule has 1 saturated carbocycles. The maximum Gasteiger partial charge on any atom is 0.244 e. The zero-order valence-corrected chi connectivity index (χ0v) is 11.9. The van der Waals surface area contributed by atoms with E-state index >= 15 is 0 Å². The standard InChI is InChI=1S/C15H21N3O2/c1-10(2)13(19)17-11-5-3-6-12(9-11)18-14(20)15(16)7-4-8-15/h3,5-6,9-10H,4,7-8,16H2,1-2H3,(H,17,19)(H,18,20). The topological polar surface area (TPSA) is 84.2 Å². The number of carbonyl (C=O) groups is 2. The highest BCUT2D eigenvalue weighted by molar-refractivity contribution is 5.99. The Morgan fingerprint density at radius 2 is 1.80 bits per heavy atom. The van der Waals surface area contributed by atoms with Crippen LogP contribution < -0.4 is 16.4 Å². The predicted octanol–water partition coefficient (Wildman–Crippen LogP) is 2.10. The third-order valence-electron chi connectivity index (χ3n) is 3.61. The molecule has 1 aromatic rings. The molecule has 0 saturated heterocycles. The maximum absolute atomic E-state index is 12.0. The molecule has 0 aromatic heterocycles. The van der Waals surface area contributed by atoms with Crippen LogP contribution in [-0.2, 0) is 9.59 Å². The van der Waals surface area contributed by atoms with Crippen molar-refractivity contribution in [2.45, 2.75) is 38.6 Å². The average Bonchev–Trinajstić information content (AvgIpc) is 2.36. The third-order valence-corrected chi connectivity index (χ3v) is 3.61. The molecule has 0 bridgehead atoms. The lowest BCUT2D eigenvalue weighted by atomic mass is 9.77. The first-order valence-corrected chi connectivity index (χ1v) is 6.92. The highest BCUT2D eigenvalue weighted by Crippen LogP contribution is 2.30. The molecule has 0 heterocycles. The first-order chi connectivity index (χ1) is 9.40. The molecule has 2 rings (SSSR count). The molecule has 0 unspecified atom stereocenters. The average molecular weight is 275 g/mol. The number of rotatable bonds is 4. The number of hydrogen-bond donors (Lipinski definition) is 3. The lowest BCUT2D eigenvalue weighted by Crippen LogP contribution is -2.56. The van der Waals surface area contributed by atoms with Gasteiger partial charge in [0.15, 0.2) is 0 Å². The van der Waals surface area contributed by atoms with Crippen LogP contribution >= 0.6 is 0 Å². The summed E-state index contributed by atoms with van der Waals surface area (Å²) in [6, 6.07) is 7.10. The number of benzene rings is 1. The first-order valence-electron chi connectivity index (χ1n) is 6.92. The van der Waals surface area contributed by atoms with E-state index in [1.807, 2.05) is 13.8 Å². The van der Waals surface area contributed by atoms with Crippen molar-refractivity contribution in [3.63, 3.8) is 0 Å². The van der Waals surface area contributed by atoms with E-state index in [2.05, 4.69) is 10.6 Å². The molecular formula is C15H21N3O2. The van der Waals surface area contributed by atoms with E-state index in [0.717, 1.165) is 19.3 Å². The largest absolute Gasteiger partial charge is 0.326 e. The second-order valence-corrected chi connectivity index (χ2v) is 5.69. The fraction of sp³-hybridized carbons (Fsp3) is 0.467. The van der Waals surface area contributed by atoms with E-state index < -0.39 is 5.54 Å². The van der Waals surface area contributed by atoms with Crippen molar-refractivity contribution < 1.29 is 9.59 Å². The fourth-order valence-corrected chi connectivity index (χ4v) is 2.00. The summed E-state index contributed by atoms with van der Waals surface area (Å²) in [6.07, 6.45) is 2.44. The Balaban J connectivity index is 2.02. The van der Waals surface area contributed by atoms with Crippen molar-refractivity contribution >= 4 is 23.2 Å². The van der Waals surface area contributed by atoms with E-state index in [-0.39, 0.29) is 17.7 Å². The normalized spacial score (nSPS) is 16.4. The van der Waals surface area contributed by atoms with Crippen molar-refractivity contribution in [2.75, 3.05) is 10.6 Å². The van der Waals surface area contributed by atoms with E-state index in [9.17, 15) is 9.59 Å². The SMILES string of the molecule is CC(C)C(=O)Nc1cccc(NC(=O)C2(N)CCC2)c1. The summed E-state index contributed by atoms with van der Waals surface area (Å²) >= 11 is 0. The summed E-state index contributed by atoms with van der Waals surface area (Å²) in [4.78, 5) is 23.7. The monoisotopic (exact) mass is 275 g/mol. The van der Waals surface area contributed by atoms with Crippen LogP contribution in [0.2, 0.25) is 0 Å². The molecule has 0 atom stereocenters. The minimum absolute atomic E-state index is 0.0530. The van der Waals surface area contributed by atoms with E-state index in [0.29, 0.717) is 11.4 Å². The number of nitrogens with two attached hydrogens (primary N) is 1. The van der Waals surface area contributed by atoms with E-state index in [1.165, 1.54) is 0 Å². The number of hydrogen-bond acceptors (Lipinski definition) is 3. The smallest absolute Gasteiger partial charge is 0.244 e. The minimum atomic E-state index is -0.725. The van der Waals surface area contributed by atoms with Crippen LogP contribution in [0, 0.1) is 5.92 Å². The van der Waals surface area contributed by atoms with Crippen molar-refractivity contribution in [2.24, 2.45) is 11.7 Å². The molecule has 1 fully saturated rings. The summed E-state index contributed by atoms with van der Waals surface area (Å²) in [5.41, 5.74) is 6.56. The predicted molar refractivity (Wildman–Crippen MR) is 79.3 cm³/mol. The van der Waals surface area contributed by atoms with Gasteiger partial charge >= 0.3 is 0 Å². The van der Waals surface area contributed by atoms with Gasteiger partial charge in [-0.15, -0.1) is 0 Å². The summed E-state index contributed by atoms with van der Waals surface area (Å²) in [5.74, 6) is -0.297. The molecule has 0 radical (unpaired) electrons. The van der Waals surface area contributed by atoms with Crippen molar-refractivity contribution in [3.8, 4) is 0 Å². The molecule has 108 valence electrons. The van der Waals surface area contributed by atoms with Crippen molar-refractivity contribution in [3.05, 3.63) is 24.3 Å². The molecule has 1 aliphatic carbocycles. The van der Waals surface area contributed by atoms with Crippen LogP contribution in [0.4, 0.5) is 11.4 Å². The summed E-state index contributed by atoms with van der Waals surface area (Å²) in [7, 11) is 0. The van der Waals surface area contributed by atoms with Gasteiger partial charge in [-0.3, -0.25) is 9.59 Å². The van der Waals surface area contributed by atoms with Gasteiger partial charge < -0.3 is 16.4 Å². The number of carbonyl (C=O) groups excluding carboxylic acids is 2. The van der Waals surface area contributed by atoms with E-state index in [1.54, 1.807) is 24.3 Å². The van der Waals surface area contributed by atoms with E-state index in [4.69, 9.17) is 5.73 Å². The zero-order chi connectivity index (χ0) is 14.8. The highest BCUT2D eigenvalue weighted by Gasteiger charge is 2.40. The lowest BCUT2D eigenvalue weighted by molar-refractivity contribution is -0.123. The zero-order valence-electron chi connectivity index (χ0n) is 11.9. The van der Waals surface area contributed by atoms with Crippen LogP contribution in [0.25, 0.3) is 0 Å². The van der Waals surface area contributed by atoms with Gasteiger partial charge in [0, 0.05) is 17.3 Å². The van der Waals surface area contributed by atoms with Crippen LogP contribution in [-0.4, -0.2) is 17.4 Å². The number of amides is 2.